The van der Waals surface area contributed by atoms with Gasteiger partial charge in [-0.3, -0.25) is 10.1 Å². The molecular formula is C14H21ClN2O3. The molecule has 20 heavy (non-hydrogen) atoms. The average molecular weight is 301 g/mol. The number of rotatable bonds is 9. The Labute approximate surface area is 124 Å². The van der Waals surface area contributed by atoms with Crippen molar-refractivity contribution in [2.24, 2.45) is 0 Å². The summed E-state index contributed by atoms with van der Waals surface area (Å²) < 4.78 is 5.44. The first-order valence-corrected chi connectivity index (χ1v) is 7.13. The van der Waals surface area contributed by atoms with E-state index < -0.39 is 4.92 Å². The maximum absolute atomic E-state index is 10.7. The molecular weight excluding hydrogens is 280 g/mol. The Kier molecular flexibility index (Phi) is 7.51. The Morgan fingerprint density at radius 3 is 2.80 bits per heavy atom. The molecule has 0 aliphatic heterocycles. The molecule has 1 aromatic rings. The van der Waals surface area contributed by atoms with Crippen LogP contribution < -0.4 is 5.32 Å². The minimum absolute atomic E-state index is 0.0662. The fourth-order valence-electron chi connectivity index (χ4n) is 1.70. The summed E-state index contributed by atoms with van der Waals surface area (Å²) in [5.74, 6) is 0. The summed E-state index contributed by atoms with van der Waals surface area (Å²) >= 11 is 6.02. The zero-order valence-corrected chi connectivity index (χ0v) is 12.7. The molecule has 0 fully saturated rings. The highest BCUT2D eigenvalue weighted by atomic mass is 35.5. The van der Waals surface area contributed by atoms with Crippen molar-refractivity contribution in [2.75, 3.05) is 13.2 Å². The van der Waals surface area contributed by atoms with Gasteiger partial charge >= 0.3 is 0 Å². The van der Waals surface area contributed by atoms with Crippen molar-refractivity contribution in [2.45, 2.75) is 39.3 Å². The predicted molar refractivity (Wildman–Crippen MR) is 80.1 cm³/mol. The quantitative estimate of drug-likeness (QED) is 0.430. The summed E-state index contributed by atoms with van der Waals surface area (Å²) in [5, 5.41) is 14.5. The Bertz CT molecular complexity index is 438. The number of nitro groups is 1. The SMILES string of the molecule is CC(C)OCCCCNCc1cc([N+](=O)[O-])ccc1Cl. The third kappa shape index (κ3) is 6.32. The van der Waals surface area contributed by atoms with Crippen LogP contribution in [-0.4, -0.2) is 24.2 Å². The van der Waals surface area contributed by atoms with E-state index in [0.717, 1.165) is 31.6 Å². The van der Waals surface area contributed by atoms with E-state index in [1.54, 1.807) is 6.07 Å². The molecule has 0 saturated heterocycles. The maximum Gasteiger partial charge on any atom is 0.269 e. The van der Waals surface area contributed by atoms with Gasteiger partial charge in [-0.2, -0.15) is 0 Å². The van der Waals surface area contributed by atoms with Gasteiger partial charge in [-0.05, 0) is 44.9 Å². The van der Waals surface area contributed by atoms with Crippen LogP contribution >= 0.6 is 11.6 Å². The molecule has 5 nitrogen and oxygen atoms in total. The van der Waals surface area contributed by atoms with Gasteiger partial charge in [-0.25, -0.2) is 0 Å². The Morgan fingerprint density at radius 2 is 2.15 bits per heavy atom. The molecule has 0 saturated carbocycles. The Balaban J connectivity index is 2.28. The molecule has 1 N–H and O–H groups in total. The fraction of sp³-hybridized carbons (Fsp3) is 0.571. The number of ether oxygens (including phenoxy) is 1. The van der Waals surface area contributed by atoms with Gasteiger partial charge in [0.2, 0.25) is 0 Å². The maximum atomic E-state index is 10.7. The lowest BCUT2D eigenvalue weighted by Crippen LogP contribution is -2.16. The van der Waals surface area contributed by atoms with Crippen molar-refractivity contribution < 1.29 is 9.66 Å². The van der Waals surface area contributed by atoms with E-state index in [1.165, 1.54) is 12.1 Å². The number of benzene rings is 1. The van der Waals surface area contributed by atoms with Crippen molar-refractivity contribution in [3.63, 3.8) is 0 Å². The normalized spacial score (nSPS) is 11.0. The summed E-state index contributed by atoms with van der Waals surface area (Å²) in [6.45, 7) is 6.16. The van der Waals surface area contributed by atoms with Crippen molar-refractivity contribution >= 4 is 17.3 Å². The van der Waals surface area contributed by atoms with Crippen LogP contribution in [0.1, 0.15) is 32.3 Å². The third-order valence-electron chi connectivity index (χ3n) is 2.75. The topological polar surface area (TPSA) is 64.4 Å². The van der Waals surface area contributed by atoms with E-state index in [-0.39, 0.29) is 11.8 Å². The number of unbranched alkanes of at least 4 members (excludes halogenated alkanes) is 1. The smallest absolute Gasteiger partial charge is 0.269 e. The molecule has 0 aliphatic rings. The molecule has 1 aromatic carbocycles. The van der Waals surface area contributed by atoms with Gasteiger partial charge in [0.25, 0.3) is 5.69 Å². The van der Waals surface area contributed by atoms with Crippen LogP contribution in [0, 0.1) is 10.1 Å². The van der Waals surface area contributed by atoms with E-state index in [4.69, 9.17) is 16.3 Å². The van der Waals surface area contributed by atoms with Crippen molar-refractivity contribution in [1.29, 1.82) is 0 Å². The molecule has 0 spiro atoms. The molecule has 0 bridgehead atoms. The summed E-state index contributed by atoms with van der Waals surface area (Å²) in [7, 11) is 0. The molecule has 0 aliphatic carbocycles. The molecule has 6 heteroatoms. The summed E-state index contributed by atoms with van der Waals surface area (Å²) in [6.07, 6.45) is 2.26. The average Bonchev–Trinajstić information content (AvgIpc) is 2.38. The molecule has 0 atom stereocenters. The van der Waals surface area contributed by atoms with Gasteiger partial charge in [0, 0.05) is 30.3 Å². The largest absolute Gasteiger partial charge is 0.379 e. The second-order valence-electron chi connectivity index (χ2n) is 4.84. The molecule has 112 valence electrons. The first-order chi connectivity index (χ1) is 9.50. The van der Waals surface area contributed by atoms with E-state index in [9.17, 15) is 10.1 Å². The highest BCUT2D eigenvalue weighted by Crippen LogP contribution is 2.21. The highest BCUT2D eigenvalue weighted by Gasteiger charge is 2.09. The van der Waals surface area contributed by atoms with Crippen LogP contribution in [0.5, 0.6) is 0 Å². The molecule has 0 aromatic heterocycles. The fourth-order valence-corrected chi connectivity index (χ4v) is 1.89. The highest BCUT2D eigenvalue weighted by molar-refractivity contribution is 6.31. The van der Waals surface area contributed by atoms with Crippen LogP contribution in [0.25, 0.3) is 0 Å². The van der Waals surface area contributed by atoms with Crippen LogP contribution in [0.2, 0.25) is 5.02 Å². The van der Waals surface area contributed by atoms with Crippen molar-refractivity contribution in [3.8, 4) is 0 Å². The predicted octanol–water partition coefficient (Wildman–Crippen LogP) is 3.54. The van der Waals surface area contributed by atoms with Gasteiger partial charge in [-0.15, -0.1) is 0 Å². The lowest BCUT2D eigenvalue weighted by atomic mass is 10.2. The van der Waals surface area contributed by atoms with Gasteiger partial charge in [-0.1, -0.05) is 11.6 Å². The van der Waals surface area contributed by atoms with Gasteiger partial charge in [0.05, 0.1) is 11.0 Å². The van der Waals surface area contributed by atoms with E-state index >= 15 is 0 Å². The lowest BCUT2D eigenvalue weighted by molar-refractivity contribution is -0.384. The molecule has 0 unspecified atom stereocenters. The second kappa shape index (κ2) is 8.89. The minimum Gasteiger partial charge on any atom is -0.379 e. The van der Waals surface area contributed by atoms with Gasteiger partial charge in [0.15, 0.2) is 0 Å². The second-order valence-corrected chi connectivity index (χ2v) is 5.24. The monoisotopic (exact) mass is 300 g/mol. The summed E-state index contributed by atoms with van der Waals surface area (Å²) in [4.78, 5) is 10.3. The summed E-state index contributed by atoms with van der Waals surface area (Å²) in [6, 6.07) is 4.49. The van der Waals surface area contributed by atoms with Crippen molar-refractivity contribution in [3.05, 3.63) is 38.9 Å². The van der Waals surface area contributed by atoms with E-state index in [2.05, 4.69) is 5.32 Å². The van der Waals surface area contributed by atoms with Crippen LogP contribution in [0.4, 0.5) is 5.69 Å². The molecule has 0 radical (unpaired) electrons. The zero-order valence-electron chi connectivity index (χ0n) is 11.9. The first kappa shape index (κ1) is 16.9. The van der Waals surface area contributed by atoms with Crippen molar-refractivity contribution in [1.82, 2.24) is 5.32 Å². The molecule has 0 heterocycles. The zero-order chi connectivity index (χ0) is 15.0. The molecule has 0 amide bonds. The van der Waals surface area contributed by atoms with Crippen LogP contribution in [0.15, 0.2) is 18.2 Å². The number of halogens is 1. The lowest BCUT2D eigenvalue weighted by Gasteiger charge is -2.08. The number of nitro benzene ring substituents is 1. The summed E-state index contributed by atoms with van der Waals surface area (Å²) in [5.41, 5.74) is 0.816. The number of non-ortho nitro benzene ring substituents is 1. The number of hydrogen-bond donors (Lipinski definition) is 1. The third-order valence-corrected chi connectivity index (χ3v) is 3.12. The van der Waals surface area contributed by atoms with Crippen LogP contribution in [-0.2, 0) is 11.3 Å². The van der Waals surface area contributed by atoms with Crippen LogP contribution in [0.3, 0.4) is 0 Å². The Morgan fingerprint density at radius 1 is 1.40 bits per heavy atom. The number of hydrogen-bond acceptors (Lipinski definition) is 4. The van der Waals surface area contributed by atoms with Gasteiger partial charge < -0.3 is 10.1 Å². The Hall–Kier alpha value is -1.17. The number of nitrogens with zero attached hydrogens (tertiary/aromatic N) is 1. The van der Waals surface area contributed by atoms with E-state index in [0.29, 0.717) is 11.6 Å². The standard InChI is InChI=1S/C14H21ClN2O3/c1-11(2)20-8-4-3-7-16-10-12-9-13(17(18)19)5-6-14(12)15/h5-6,9,11,16H,3-4,7-8,10H2,1-2H3. The molecule has 1 rings (SSSR count). The van der Waals surface area contributed by atoms with E-state index in [1.807, 2.05) is 13.8 Å². The van der Waals surface area contributed by atoms with Gasteiger partial charge in [0.1, 0.15) is 0 Å². The minimum atomic E-state index is -0.414. The number of nitrogens with one attached hydrogen (secondary N) is 1. The first-order valence-electron chi connectivity index (χ1n) is 6.76.